The third kappa shape index (κ3) is 8.44. The monoisotopic (exact) mass is 230 g/mol. The minimum Gasteiger partial charge on any atom is -0.460 e. The first-order valence-electron chi connectivity index (χ1n) is 5.72. The van der Waals surface area contributed by atoms with E-state index in [2.05, 4.69) is 6.58 Å². The molecule has 0 saturated carbocycles. The highest BCUT2D eigenvalue weighted by Gasteiger charge is 2.06. The molecule has 0 rings (SSSR count). The topological polar surface area (TPSA) is 44.8 Å². The Labute approximate surface area is 97.6 Å². The van der Waals surface area contributed by atoms with Gasteiger partial charge in [0.2, 0.25) is 0 Å². The summed E-state index contributed by atoms with van der Waals surface area (Å²) in [5.41, 5.74) is 0.525. The Bertz CT molecular complexity index is 201. The van der Waals surface area contributed by atoms with Crippen molar-refractivity contribution >= 4 is 5.97 Å². The van der Waals surface area contributed by atoms with Crippen LogP contribution in [0, 0.1) is 0 Å². The molecule has 0 fully saturated rings. The largest absolute Gasteiger partial charge is 0.460 e. The molecule has 4 heteroatoms. The smallest absolute Gasteiger partial charge is 0.333 e. The molecule has 0 unspecified atom stereocenters. The van der Waals surface area contributed by atoms with Gasteiger partial charge in [-0.3, -0.25) is 0 Å². The molecule has 0 heterocycles. The van der Waals surface area contributed by atoms with E-state index in [1.165, 1.54) is 0 Å². The molecule has 16 heavy (non-hydrogen) atoms. The molecule has 0 atom stereocenters. The third-order valence-corrected chi connectivity index (χ3v) is 1.88. The van der Waals surface area contributed by atoms with E-state index in [9.17, 15) is 4.79 Å². The summed E-state index contributed by atoms with van der Waals surface area (Å²) in [5, 5.41) is 0. The van der Waals surface area contributed by atoms with Crippen molar-refractivity contribution in [3.63, 3.8) is 0 Å². The van der Waals surface area contributed by atoms with E-state index in [0.717, 1.165) is 6.42 Å². The van der Waals surface area contributed by atoms with Crippen LogP contribution >= 0.6 is 0 Å². The molecular weight excluding hydrogens is 208 g/mol. The van der Waals surface area contributed by atoms with Crippen molar-refractivity contribution in [2.45, 2.75) is 26.7 Å². The fraction of sp³-hybridized carbons (Fsp3) is 0.750. The van der Waals surface area contributed by atoms with Crippen molar-refractivity contribution in [2.75, 3.05) is 33.0 Å². The zero-order valence-electron chi connectivity index (χ0n) is 10.3. The molecule has 0 spiro atoms. The molecule has 0 aliphatic heterocycles. The summed E-state index contributed by atoms with van der Waals surface area (Å²) in [5.74, 6) is -0.324. The van der Waals surface area contributed by atoms with Gasteiger partial charge in [0.05, 0.1) is 19.8 Å². The molecule has 0 aromatic carbocycles. The molecule has 0 aromatic heterocycles. The Hall–Kier alpha value is -0.870. The average molecular weight is 230 g/mol. The zero-order valence-corrected chi connectivity index (χ0v) is 10.3. The number of rotatable bonds is 10. The predicted molar refractivity (Wildman–Crippen MR) is 62.3 cm³/mol. The van der Waals surface area contributed by atoms with E-state index in [0.29, 0.717) is 38.4 Å². The fourth-order valence-corrected chi connectivity index (χ4v) is 1.06. The predicted octanol–water partition coefficient (Wildman–Crippen LogP) is 1.94. The summed E-state index contributed by atoms with van der Waals surface area (Å²) in [6, 6.07) is 0. The minimum absolute atomic E-state index is 0.272. The van der Waals surface area contributed by atoms with Crippen LogP contribution in [0.4, 0.5) is 0 Å². The lowest BCUT2D eigenvalue weighted by Gasteiger charge is -2.07. The van der Waals surface area contributed by atoms with Gasteiger partial charge in [-0.2, -0.15) is 0 Å². The summed E-state index contributed by atoms with van der Waals surface area (Å²) < 4.78 is 15.2. The van der Waals surface area contributed by atoms with Gasteiger partial charge >= 0.3 is 5.97 Å². The molecule has 94 valence electrons. The number of carbonyl (C=O) groups excluding carboxylic acids is 1. The van der Waals surface area contributed by atoms with Crippen LogP contribution in [0.5, 0.6) is 0 Å². The first kappa shape index (κ1) is 15.1. The molecule has 0 amide bonds. The number of esters is 1. The zero-order chi connectivity index (χ0) is 12.2. The van der Waals surface area contributed by atoms with Gasteiger partial charge in [0.1, 0.15) is 6.61 Å². The standard InChI is InChI=1S/C12H22O4/c1-4-6-11(3)12(13)16-10-9-15-8-7-14-5-2/h3-10H2,1-2H3. The summed E-state index contributed by atoms with van der Waals surface area (Å²) in [6.45, 7) is 10.0. The lowest BCUT2D eigenvalue weighted by atomic mass is 10.2. The second kappa shape index (κ2) is 10.6. The van der Waals surface area contributed by atoms with Crippen LogP contribution in [0.1, 0.15) is 26.7 Å². The van der Waals surface area contributed by atoms with Crippen LogP contribution in [0.15, 0.2) is 12.2 Å². The van der Waals surface area contributed by atoms with Crippen molar-refractivity contribution in [1.82, 2.24) is 0 Å². The Kier molecular flexibility index (Phi) is 10.1. The normalized spacial score (nSPS) is 10.1. The Balaban J connectivity index is 3.31. The first-order valence-corrected chi connectivity index (χ1v) is 5.72. The van der Waals surface area contributed by atoms with Crippen LogP contribution in [-0.2, 0) is 19.0 Å². The van der Waals surface area contributed by atoms with Crippen LogP contribution in [0.3, 0.4) is 0 Å². The number of ether oxygens (including phenoxy) is 3. The maximum Gasteiger partial charge on any atom is 0.333 e. The quantitative estimate of drug-likeness (QED) is 0.327. The van der Waals surface area contributed by atoms with Crippen molar-refractivity contribution in [3.8, 4) is 0 Å². The Morgan fingerprint density at radius 2 is 1.69 bits per heavy atom. The molecule has 4 nitrogen and oxygen atoms in total. The van der Waals surface area contributed by atoms with E-state index in [1.807, 2.05) is 13.8 Å². The van der Waals surface area contributed by atoms with Gasteiger partial charge in [-0.1, -0.05) is 19.9 Å². The number of hydrogen-bond donors (Lipinski definition) is 0. The van der Waals surface area contributed by atoms with E-state index in [4.69, 9.17) is 14.2 Å². The molecule has 0 aliphatic rings. The molecule has 0 saturated heterocycles. The van der Waals surface area contributed by atoms with E-state index in [-0.39, 0.29) is 12.6 Å². The highest BCUT2D eigenvalue weighted by molar-refractivity contribution is 5.87. The van der Waals surface area contributed by atoms with Gasteiger partial charge in [-0.05, 0) is 13.3 Å². The Morgan fingerprint density at radius 1 is 1.06 bits per heavy atom. The molecule has 0 N–H and O–H groups in total. The third-order valence-electron chi connectivity index (χ3n) is 1.88. The summed E-state index contributed by atoms with van der Waals surface area (Å²) in [6.07, 6.45) is 1.59. The fourth-order valence-electron chi connectivity index (χ4n) is 1.06. The van der Waals surface area contributed by atoms with E-state index in [1.54, 1.807) is 0 Å². The van der Waals surface area contributed by atoms with Crippen molar-refractivity contribution < 1.29 is 19.0 Å². The number of carbonyl (C=O) groups is 1. The average Bonchev–Trinajstić information content (AvgIpc) is 2.28. The van der Waals surface area contributed by atoms with Gasteiger partial charge in [-0.25, -0.2) is 4.79 Å². The molecule has 0 bridgehead atoms. The van der Waals surface area contributed by atoms with Gasteiger partial charge in [0.15, 0.2) is 0 Å². The van der Waals surface area contributed by atoms with Crippen LogP contribution < -0.4 is 0 Å². The molecule has 0 aliphatic carbocycles. The van der Waals surface area contributed by atoms with Crippen molar-refractivity contribution in [1.29, 1.82) is 0 Å². The SMILES string of the molecule is C=C(CCC)C(=O)OCCOCCOCC. The van der Waals surface area contributed by atoms with Crippen LogP contribution in [-0.4, -0.2) is 39.0 Å². The van der Waals surface area contributed by atoms with E-state index < -0.39 is 0 Å². The highest BCUT2D eigenvalue weighted by Crippen LogP contribution is 2.03. The van der Waals surface area contributed by atoms with E-state index >= 15 is 0 Å². The Morgan fingerprint density at radius 3 is 2.31 bits per heavy atom. The second-order valence-corrected chi connectivity index (χ2v) is 3.30. The van der Waals surface area contributed by atoms with Crippen LogP contribution in [0.2, 0.25) is 0 Å². The second-order valence-electron chi connectivity index (χ2n) is 3.30. The number of hydrogen-bond acceptors (Lipinski definition) is 4. The minimum atomic E-state index is -0.324. The van der Waals surface area contributed by atoms with Gasteiger partial charge < -0.3 is 14.2 Å². The maximum absolute atomic E-state index is 11.3. The summed E-state index contributed by atoms with van der Waals surface area (Å²) >= 11 is 0. The maximum atomic E-state index is 11.3. The highest BCUT2D eigenvalue weighted by atomic mass is 16.6. The molecular formula is C12H22O4. The van der Waals surface area contributed by atoms with Gasteiger partial charge in [0, 0.05) is 12.2 Å². The van der Waals surface area contributed by atoms with Crippen molar-refractivity contribution in [2.24, 2.45) is 0 Å². The van der Waals surface area contributed by atoms with Crippen LogP contribution in [0.25, 0.3) is 0 Å². The first-order chi connectivity index (χ1) is 7.72. The lowest BCUT2D eigenvalue weighted by Crippen LogP contribution is -2.13. The summed E-state index contributed by atoms with van der Waals surface area (Å²) in [4.78, 5) is 11.3. The van der Waals surface area contributed by atoms with Gasteiger partial charge in [0.25, 0.3) is 0 Å². The lowest BCUT2D eigenvalue weighted by molar-refractivity contribution is -0.140. The molecule has 0 radical (unpaired) electrons. The van der Waals surface area contributed by atoms with Crippen molar-refractivity contribution in [3.05, 3.63) is 12.2 Å². The summed E-state index contributed by atoms with van der Waals surface area (Å²) in [7, 11) is 0. The molecule has 0 aromatic rings. The van der Waals surface area contributed by atoms with Gasteiger partial charge in [-0.15, -0.1) is 0 Å².